The molecule has 0 aliphatic carbocycles. The maximum Gasteiger partial charge on any atom is 0.127 e. The van der Waals surface area contributed by atoms with E-state index < -0.39 is 0 Å². The Bertz CT molecular complexity index is 252. The average Bonchev–Trinajstić information content (AvgIpc) is 2.15. The molecule has 0 fully saturated rings. The highest BCUT2D eigenvalue weighted by molar-refractivity contribution is 5.16. The van der Waals surface area contributed by atoms with Crippen LogP contribution in [0.25, 0.3) is 0 Å². The molecule has 2 nitrogen and oxygen atoms in total. The summed E-state index contributed by atoms with van der Waals surface area (Å²) >= 11 is 0. The zero-order chi connectivity index (χ0) is 9.52. The highest BCUT2D eigenvalue weighted by Crippen LogP contribution is 2.04. The van der Waals surface area contributed by atoms with Crippen molar-refractivity contribution in [2.24, 2.45) is 0 Å². The third-order valence-electron chi connectivity index (χ3n) is 1.76. The van der Waals surface area contributed by atoms with Crippen molar-refractivity contribution in [3.8, 4) is 0 Å². The van der Waals surface area contributed by atoms with Gasteiger partial charge in [-0.2, -0.15) is 0 Å². The minimum absolute atomic E-state index is 0.160. The van der Waals surface area contributed by atoms with Gasteiger partial charge >= 0.3 is 0 Å². The van der Waals surface area contributed by atoms with Crippen LogP contribution in [-0.4, -0.2) is 20.3 Å². The molecular weight excluding hydrogens is 169 g/mol. The lowest BCUT2D eigenvalue weighted by Crippen LogP contribution is -2.19. The molecular formula is C10H14FNO. The van der Waals surface area contributed by atoms with Gasteiger partial charge in [-0.15, -0.1) is 0 Å². The SMILES string of the molecule is COCCNCc1ccccc1F. The van der Waals surface area contributed by atoms with E-state index in [9.17, 15) is 4.39 Å². The second-order valence-corrected chi connectivity index (χ2v) is 2.76. The fourth-order valence-corrected chi connectivity index (χ4v) is 1.04. The van der Waals surface area contributed by atoms with Crippen molar-refractivity contribution in [3.63, 3.8) is 0 Å². The first-order valence-corrected chi connectivity index (χ1v) is 4.27. The third-order valence-corrected chi connectivity index (χ3v) is 1.76. The van der Waals surface area contributed by atoms with Gasteiger partial charge in [-0.3, -0.25) is 0 Å². The highest BCUT2D eigenvalue weighted by Gasteiger charge is 1.98. The summed E-state index contributed by atoms with van der Waals surface area (Å²) in [5, 5.41) is 3.08. The van der Waals surface area contributed by atoms with E-state index in [1.165, 1.54) is 6.07 Å². The maximum atomic E-state index is 13.0. The maximum absolute atomic E-state index is 13.0. The summed E-state index contributed by atoms with van der Waals surface area (Å²) < 4.78 is 17.9. The van der Waals surface area contributed by atoms with Crippen molar-refractivity contribution in [1.82, 2.24) is 5.32 Å². The quantitative estimate of drug-likeness (QED) is 0.699. The van der Waals surface area contributed by atoms with Gasteiger partial charge in [0.25, 0.3) is 0 Å². The van der Waals surface area contributed by atoms with Gasteiger partial charge in [-0.1, -0.05) is 18.2 Å². The van der Waals surface area contributed by atoms with E-state index >= 15 is 0 Å². The van der Waals surface area contributed by atoms with Crippen LogP contribution in [0.4, 0.5) is 4.39 Å². The highest BCUT2D eigenvalue weighted by atomic mass is 19.1. The largest absolute Gasteiger partial charge is 0.383 e. The molecule has 13 heavy (non-hydrogen) atoms. The molecule has 0 amide bonds. The summed E-state index contributed by atoms with van der Waals surface area (Å²) in [5.41, 5.74) is 0.693. The molecule has 1 N–H and O–H groups in total. The van der Waals surface area contributed by atoms with E-state index in [0.717, 1.165) is 6.54 Å². The monoisotopic (exact) mass is 183 g/mol. The fraction of sp³-hybridized carbons (Fsp3) is 0.400. The molecule has 72 valence electrons. The Labute approximate surface area is 77.7 Å². The molecule has 3 heteroatoms. The number of methoxy groups -OCH3 is 1. The molecule has 0 aliphatic rings. The van der Waals surface area contributed by atoms with Crippen LogP contribution in [0.1, 0.15) is 5.56 Å². The zero-order valence-corrected chi connectivity index (χ0v) is 7.72. The first-order chi connectivity index (χ1) is 6.34. The zero-order valence-electron chi connectivity index (χ0n) is 7.72. The lowest BCUT2D eigenvalue weighted by molar-refractivity contribution is 0.199. The lowest BCUT2D eigenvalue weighted by Gasteiger charge is -2.04. The van der Waals surface area contributed by atoms with Crippen LogP contribution in [-0.2, 0) is 11.3 Å². The van der Waals surface area contributed by atoms with Gasteiger partial charge in [0, 0.05) is 25.8 Å². The summed E-state index contributed by atoms with van der Waals surface area (Å²) in [4.78, 5) is 0. The fourth-order valence-electron chi connectivity index (χ4n) is 1.04. The molecule has 0 spiro atoms. The Morgan fingerprint density at radius 3 is 2.85 bits per heavy atom. The first kappa shape index (κ1) is 10.2. The second-order valence-electron chi connectivity index (χ2n) is 2.76. The van der Waals surface area contributed by atoms with Gasteiger partial charge in [0.2, 0.25) is 0 Å². The smallest absolute Gasteiger partial charge is 0.127 e. The predicted molar refractivity (Wildman–Crippen MR) is 50.0 cm³/mol. The summed E-state index contributed by atoms with van der Waals surface area (Å²) in [6.45, 7) is 1.94. The van der Waals surface area contributed by atoms with Gasteiger partial charge < -0.3 is 10.1 Å². The van der Waals surface area contributed by atoms with Gasteiger partial charge in [-0.05, 0) is 6.07 Å². The van der Waals surface area contributed by atoms with Crippen LogP contribution in [0.3, 0.4) is 0 Å². The number of ether oxygens (including phenoxy) is 1. The lowest BCUT2D eigenvalue weighted by atomic mass is 10.2. The van der Waals surface area contributed by atoms with E-state index in [1.807, 2.05) is 6.07 Å². The molecule has 0 atom stereocenters. The molecule has 0 unspecified atom stereocenters. The summed E-state index contributed by atoms with van der Waals surface area (Å²) in [6, 6.07) is 6.76. The second kappa shape index (κ2) is 5.67. The van der Waals surface area contributed by atoms with Crippen LogP contribution in [0.5, 0.6) is 0 Å². The van der Waals surface area contributed by atoms with E-state index in [-0.39, 0.29) is 5.82 Å². The van der Waals surface area contributed by atoms with Crippen molar-refractivity contribution in [2.45, 2.75) is 6.54 Å². The third kappa shape index (κ3) is 3.53. The Morgan fingerprint density at radius 1 is 1.38 bits per heavy atom. The number of hydrogen-bond donors (Lipinski definition) is 1. The molecule has 1 aromatic carbocycles. The van der Waals surface area contributed by atoms with Crippen molar-refractivity contribution in [1.29, 1.82) is 0 Å². The van der Waals surface area contributed by atoms with Gasteiger partial charge in [0.05, 0.1) is 6.61 Å². The van der Waals surface area contributed by atoms with E-state index in [0.29, 0.717) is 18.7 Å². The van der Waals surface area contributed by atoms with Crippen LogP contribution in [0.15, 0.2) is 24.3 Å². The molecule has 0 aromatic heterocycles. The summed E-state index contributed by atoms with van der Waals surface area (Å²) in [7, 11) is 1.64. The molecule has 0 heterocycles. The molecule has 0 aliphatic heterocycles. The normalized spacial score (nSPS) is 10.3. The van der Waals surface area contributed by atoms with Crippen LogP contribution in [0, 0.1) is 5.82 Å². The Morgan fingerprint density at radius 2 is 2.15 bits per heavy atom. The average molecular weight is 183 g/mol. The summed E-state index contributed by atoms with van der Waals surface area (Å²) in [6.07, 6.45) is 0. The van der Waals surface area contributed by atoms with Crippen molar-refractivity contribution in [2.75, 3.05) is 20.3 Å². The first-order valence-electron chi connectivity index (χ1n) is 4.27. The van der Waals surface area contributed by atoms with Crippen LogP contribution >= 0.6 is 0 Å². The van der Waals surface area contributed by atoms with E-state index in [2.05, 4.69) is 5.32 Å². The molecule has 1 aromatic rings. The molecule has 0 bridgehead atoms. The van der Waals surface area contributed by atoms with Gasteiger partial charge in [-0.25, -0.2) is 4.39 Å². The standard InChI is InChI=1S/C10H14FNO/c1-13-7-6-12-8-9-4-2-3-5-10(9)11/h2-5,12H,6-8H2,1H3. The molecule has 0 saturated carbocycles. The minimum atomic E-state index is -0.160. The molecule has 1 rings (SSSR count). The Kier molecular flexibility index (Phi) is 4.43. The van der Waals surface area contributed by atoms with Gasteiger partial charge in [0.1, 0.15) is 5.82 Å². The number of benzene rings is 1. The minimum Gasteiger partial charge on any atom is -0.383 e. The van der Waals surface area contributed by atoms with Crippen LogP contribution in [0.2, 0.25) is 0 Å². The van der Waals surface area contributed by atoms with E-state index in [1.54, 1.807) is 19.2 Å². The predicted octanol–water partition coefficient (Wildman–Crippen LogP) is 1.56. The van der Waals surface area contributed by atoms with E-state index in [4.69, 9.17) is 4.74 Å². The van der Waals surface area contributed by atoms with Gasteiger partial charge in [0.15, 0.2) is 0 Å². The molecule has 0 saturated heterocycles. The number of halogens is 1. The van der Waals surface area contributed by atoms with Crippen molar-refractivity contribution < 1.29 is 9.13 Å². The van der Waals surface area contributed by atoms with Crippen LogP contribution < -0.4 is 5.32 Å². The molecule has 0 radical (unpaired) electrons. The topological polar surface area (TPSA) is 21.3 Å². The van der Waals surface area contributed by atoms with Crippen molar-refractivity contribution in [3.05, 3.63) is 35.6 Å². The number of rotatable bonds is 5. The number of nitrogens with one attached hydrogen (secondary N) is 1. The summed E-state index contributed by atoms with van der Waals surface area (Å²) in [5.74, 6) is -0.160. The Balaban J connectivity index is 2.32. The number of hydrogen-bond acceptors (Lipinski definition) is 2. The van der Waals surface area contributed by atoms with Crippen molar-refractivity contribution >= 4 is 0 Å². The Hall–Kier alpha value is -0.930.